The van der Waals surface area contributed by atoms with E-state index in [0.29, 0.717) is 22.8 Å². The van der Waals surface area contributed by atoms with E-state index in [2.05, 4.69) is 10.3 Å². The molecule has 0 spiro atoms. The quantitative estimate of drug-likeness (QED) is 0.918. The fourth-order valence-corrected chi connectivity index (χ4v) is 2.70. The van der Waals surface area contributed by atoms with Gasteiger partial charge in [0, 0.05) is 24.8 Å². The van der Waals surface area contributed by atoms with E-state index < -0.39 is 0 Å². The predicted molar refractivity (Wildman–Crippen MR) is 74.3 cm³/mol. The first-order chi connectivity index (χ1) is 9.24. The minimum atomic E-state index is 0.0351. The van der Waals surface area contributed by atoms with E-state index in [9.17, 15) is 4.79 Å². The van der Waals surface area contributed by atoms with E-state index in [1.54, 1.807) is 12.1 Å². The first-order valence-electron chi connectivity index (χ1n) is 6.90. The van der Waals surface area contributed by atoms with Crippen LogP contribution in [0, 0.1) is 0 Å². The summed E-state index contributed by atoms with van der Waals surface area (Å²) < 4.78 is 0. The number of carbonyl (C=O) groups is 1. The van der Waals surface area contributed by atoms with Gasteiger partial charge in [0.1, 0.15) is 5.69 Å². The van der Waals surface area contributed by atoms with Crippen molar-refractivity contribution in [3.8, 4) is 0 Å². The van der Waals surface area contributed by atoms with Crippen molar-refractivity contribution in [1.29, 1.82) is 0 Å². The molecule has 1 saturated heterocycles. The number of pyridine rings is 1. The molecule has 1 aromatic rings. The molecule has 4 nitrogen and oxygen atoms in total. The summed E-state index contributed by atoms with van der Waals surface area (Å²) in [6, 6.07) is 4.28. The van der Waals surface area contributed by atoms with Crippen molar-refractivity contribution in [2.45, 2.75) is 37.8 Å². The number of halogens is 1. The molecule has 3 rings (SSSR count). The Hall–Kier alpha value is -1.13. The lowest BCUT2D eigenvalue weighted by atomic mass is 10.2. The summed E-state index contributed by atoms with van der Waals surface area (Å²) in [6.45, 7) is 1.87. The minimum Gasteiger partial charge on any atom is -0.333 e. The summed E-state index contributed by atoms with van der Waals surface area (Å²) in [7, 11) is 0. The molecule has 1 unspecified atom stereocenters. The molecule has 0 bridgehead atoms. The Morgan fingerprint density at radius 1 is 1.42 bits per heavy atom. The van der Waals surface area contributed by atoms with Crippen LogP contribution >= 0.6 is 11.6 Å². The number of nitrogens with zero attached hydrogens (tertiary/aromatic N) is 2. The van der Waals surface area contributed by atoms with Gasteiger partial charge < -0.3 is 10.2 Å². The van der Waals surface area contributed by atoms with E-state index in [1.165, 1.54) is 12.6 Å². The summed E-state index contributed by atoms with van der Waals surface area (Å²) in [5.74, 6) is 0.0351. The van der Waals surface area contributed by atoms with Crippen molar-refractivity contribution in [3.05, 3.63) is 29.0 Å². The number of nitrogens with one attached hydrogen (secondary N) is 1. The first kappa shape index (κ1) is 12.9. The molecule has 1 aliphatic carbocycles. The van der Waals surface area contributed by atoms with Crippen LogP contribution in [0.3, 0.4) is 0 Å². The van der Waals surface area contributed by atoms with E-state index in [-0.39, 0.29) is 5.91 Å². The molecule has 5 heteroatoms. The molecule has 0 radical (unpaired) electrons. The Labute approximate surface area is 118 Å². The van der Waals surface area contributed by atoms with Crippen molar-refractivity contribution in [1.82, 2.24) is 15.2 Å². The maximum absolute atomic E-state index is 12.5. The highest BCUT2D eigenvalue weighted by Crippen LogP contribution is 2.29. The molecule has 1 N–H and O–H groups in total. The zero-order valence-corrected chi connectivity index (χ0v) is 11.6. The monoisotopic (exact) mass is 279 g/mol. The van der Waals surface area contributed by atoms with Crippen LogP contribution in [0.4, 0.5) is 0 Å². The van der Waals surface area contributed by atoms with Gasteiger partial charge in [-0.2, -0.15) is 0 Å². The second-order valence-electron chi connectivity index (χ2n) is 5.34. The first-order valence-corrected chi connectivity index (χ1v) is 7.28. The maximum Gasteiger partial charge on any atom is 0.272 e. The maximum atomic E-state index is 12.5. The van der Waals surface area contributed by atoms with Gasteiger partial charge >= 0.3 is 0 Å². The van der Waals surface area contributed by atoms with Crippen LogP contribution in [0.5, 0.6) is 0 Å². The minimum absolute atomic E-state index is 0.0351. The lowest BCUT2D eigenvalue weighted by Crippen LogP contribution is -2.42. The van der Waals surface area contributed by atoms with Gasteiger partial charge in [-0.25, -0.2) is 4.98 Å². The molecule has 1 amide bonds. The molecule has 2 aliphatic rings. The summed E-state index contributed by atoms with van der Waals surface area (Å²) in [6.07, 6.45) is 6.13. The molecule has 1 saturated carbocycles. The zero-order valence-electron chi connectivity index (χ0n) is 10.8. The lowest BCUT2D eigenvalue weighted by molar-refractivity contribution is 0.0722. The van der Waals surface area contributed by atoms with Crippen LogP contribution in [0.15, 0.2) is 18.3 Å². The molecular formula is C14H18ClN3O. The van der Waals surface area contributed by atoms with E-state index in [4.69, 9.17) is 11.6 Å². The predicted octanol–water partition coefficient (Wildman–Crippen LogP) is 2.09. The molecule has 19 heavy (non-hydrogen) atoms. The number of aromatic nitrogens is 1. The second-order valence-corrected chi connectivity index (χ2v) is 5.78. The van der Waals surface area contributed by atoms with Crippen LogP contribution in [-0.2, 0) is 0 Å². The number of rotatable bonds is 4. The summed E-state index contributed by atoms with van der Waals surface area (Å²) >= 11 is 5.81. The van der Waals surface area contributed by atoms with Gasteiger partial charge in [-0.3, -0.25) is 4.79 Å². The van der Waals surface area contributed by atoms with Crippen molar-refractivity contribution >= 4 is 17.5 Å². The van der Waals surface area contributed by atoms with Gasteiger partial charge in [-0.05, 0) is 44.4 Å². The van der Waals surface area contributed by atoms with E-state index >= 15 is 0 Å². The van der Waals surface area contributed by atoms with Crippen LogP contribution in [0.25, 0.3) is 0 Å². The zero-order chi connectivity index (χ0) is 13.2. The van der Waals surface area contributed by atoms with Crippen LogP contribution in [0.1, 0.15) is 36.2 Å². The highest BCUT2D eigenvalue weighted by molar-refractivity contribution is 6.30. The van der Waals surface area contributed by atoms with Gasteiger partial charge in [0.05, 0.1) is 5.02 Å². The van der Waals surface area contributed by atoms with E-state index in [1.807, 2.05) is 4.90 Å². The fraction of sp³-hybridized carbons (Fsp3) is 0.571. The third kappa shape index (κ3) is 3.07. The molecule has 2 heterocycles. The number of hydrogen-bond donors (Lipinski definition) is 1. The largest absolute Gasteiger partial charge is 0.333 e. The van der Waals surface area contributed by atoms with Crippen LogP contribution < -0.4 is 5.32 Å². The van der Waals surface area contributed by atoms with Gasteiger partial charge in [-0.1, -0.05) is 11.6 Å². The van der Waals surface area contributed by atoms with E-state index in [0.717, 1.165) is 32.4 Å². The Kier molecular flexibility index (Phi) is 3.71. The number of hydrogen-bond acceptors (Lipinski definition) is 3. The highest BCUT2D eigenvalue weighted by atomic mass is 35.5. The fourth-order valence-electron chi connectivity index (χ4n) is 2.58. The summed E-state index contributed by atoms with van der Waals surface area (Å²) in [5.41, 5.74) is 0.495. The molecule has 1 atom stereocenters. The lowest BCUT2D eigenvalue weighted by Gasteiger charge is -2.25. The van der Waals surface area contributed by atoms with Crippen LogP contribution in [-0.4, -0.2) is 41.0 Å². The van der Waals surface area contributed by atoms with Gasteiger partial charge in [-0.15, -0.1) is 0 Å². The Balaban J connectivity index is 1.71. The number of amides is 1. The van der Waals surface area contributed by atoms with Gasteiger partial charge in [0.15, 0.2) is 0 Å². The van der Waals surface area contributed by atoms with Gasteiger partial charge in [0.25, 0.3) is 5.91 Å². The third-order valence-electron chi connectivity index (χ3n) is 3.77. The standard InChI is InChI=1S/C14H18ClN3O/c15-10-3-6-13(17-8-10)14(19)18(12-4-5-12)9-11-2-1-7-16-11/h3,6,8,11-12,16H,1-2,4-5,7,9H2. The molecule has 1 aliphatic heterocycles. The molecule has 102 valence electrons. The Morgan fingerprint density at radius 3 is 2.84 bits per heavy atom. The molecular weight excluding hydrogens is 262 g/mol. The van der Waals surface area contributed by atoms with Crippen molar-refractivity contribution in [2.24, 2.45) is 0 Å². The topological polar surface area (TPSA) is 45.2 Å². The average Bonchev–Trinajstić information content (AvgIpc) is 3.13. The summed E-state index contributed by atoms with van der Waals surface area (Å²) in [5, 5.41) is 4.01. The molecule has 2 fully saturated rings. The number of carbonyl (C=O) groups excluding carboxylic acids is 1. The summed E-state index contributed by atoms with van der Waals surface area (Å²) in [4.78, 5) is 18.6. The Morgan fingerprint density at radius 2 is 2.26 bits per heavy atom. The Bertz CT molecular complexity index is 452. The van der Waals surface area contributed by atoms with Crippen LogP contribution in [0.2, 0.25) is 5.02 Å². The molecule has 1 aromatic heterocycles. The van der Waals surface area contributed by atoms with Gasteiger partial charge in [0.2, 0.25) is 0 Å². The molecule has 0 aromatic carbocycles. The SMILES string of the molecule is O=C(c1ccc(Cl)cn1)N(CC1CCCN1)C1CC1. The van der Waals surface area contributed by atoms with Crippen molar-refractivity contribution < 1.29 is 4.79 Å². The smallest absolute Gasteiger partial charge is 0.272 e. The third-order valence-corrected chi connectivity index (χ3v) is 4.00. The average molecular weight is 280 g/mol. The normalized spacial score (nSPS) is 22.5. The van der Waals surface area contributed by atoms with Crippen molar-refractivity contribution in [3.63, 3.8) is 0 Å². The highest BCUT2D eigenvalue weighted by Gasteiger charge is 2.35. The van der Waals surface area contributed by atoms with Crippen molar-refractivity contribution in [2.75, 3.05) is 13.1 Å². The second kappa shape index (κ2) is 5.47.